The molecule has 1 aromatic heterocycles. The summed E-state index contributed by atoms with van der Waals surface area (Å²) < 4.78 is 25.9. The summed E-state index contributed by atoms with van der Waals surface area (Å²) in [5.74, 6) is -0.959. The number of hydrogen-bond acceptors (Lipinski definition) is 7. The van der Waals surface area contributed by atoms with E-state index < -0.39 is 21.7 Å². The topological polar surface area (TPSA) is 131 Å². The Morgan fingerprint density at radius 3 is 2.71 bits per heavy atom. The lowest BCUT2D eigenvalue weighted by molar-refractivity contribution is 0.0949. The number of amides is 2. The molecule has 0 aliphatic carbocycles. The van der Waals surface area contributed by atoms with Crippen molar-refractivity contribution in [3.05, 3.63) is 64.7 Å². The third kappa shape index (κ3) is 3.12. The first-order chi connectivity index (χ1) is 13.4. The molecule has 1 aliphatic heterocycles. The molecule has 0 unspecified atom stereocenters. The summed E-state index contributed by atoms with van der Waals surface area (Å²) in [6.07, 6.45) is 1.57. The smallest absolute Gasteiger partial charge is 0.257 e. The van der Waals surface area contributed by atoms with E-state index in [1.165, 1.54) is 41.7 Å². The quantitative estimate of drug-likeness (QED) is 0.601. The summed E-state index contributed by atoms with van der Waals surface area (Å²) >= 11 is 1.26. The van der Waals surface area contributed by atoms with Crippen molar-refractivity contribution in [3.63, 3.8) is 0 Å². The Morgan fingerprint density at radius 1 is 1.18 bits per heavy atom. The van der Waals surface area contributed by atoms with Crippen LogP contribution in [0.2, 0.25) is 0 Å². The van der Waals surface area contributed by atoms with Crippen molar-refractivity contribution in [2.45, 2.75) is 16.3 Å². The molecule has 4 rings (SSSR count). The Labute approximate surface area is 164 Å². The van der Waals surface area contributed by atoms with Crippen LogP contribution in [-0.4, -0.2) is 25.2 Å². The van der Waals surface area contributed by atoms with Crippen LogP contribution in [0.3, 0.4) is 0 Å². The number of nitrogens with zero attached hydrogens (tertiary/aromatic N) is 1. The molecule has 0 radical (unpaired) electrons. The van der Waals surface area contributed by atoms with Gasteiger partial charge in [-0.2, -0.15) is 0 Å². The van der Waals surface area contributed by atoms with Crippen LogP contribution in [0.25, 0.3) is 0 Å². The van der Waals surface area contributed by atoms with Crippen molar-refractivity contribution in [2.75, 3.05) is 11.1 Å². The second-order valence-corrected chi connectivity index (χ2v) is 9.05. The van der Waals surface area contributed by atoms with Crippen LogP contribution in [0.1, 0.15) is 25.6 Å². The number of sulfone groups is 1. The van der Waals surface area contributed by atoms with Crippen molar-refractivity contribution in [1.82, 2.24) is 10.3 Å². The number of benzene rings is 2. The molecule has 2 amide bonds. The summed E-state index contributed by atoms with van der Waals surface area (Å²) in [4.78, 5) is 29.5. The molecule has 0 saturated heterocycles. The normalized spacial score (nSPS) is 14.4. The second-order valence-electron chi connectivity index (χ2n) is 6.01. The molecular weight excluding hydrogens is 400 g/mol. The molecule has 0 saturated carbocycles. The van der Waals surface area contributed by atoms with E-state index in [-0.39, 0.29) is 33.2 Å². The van der Waals surface area contributed by atoms with Crippen molar-refractivity contribution >= 4 is 43.8 Å². The third-order valence-corrected chi connectivity index (χ3v) is 6.89. The number of nitrogens with two attached hydrogens (primary N) is 1. The lowest BCUT2D eigenvalue weighted by Gasteiger charge is -2.10. The number of rotatable bonds is 3. The molecule has 142 valence electrons. The molecule has 1 aliphatic rings. The van der Waals surface area contributed by atoms with Crippen molar-refractivity contribution in [2.24, 2.45) is 0 Å². The Balaban J connectivity index is 1.66. The molecule has 0 bridgehead atoms. The summed E-state index contributed by atoms with van der Waals surface area (Å²) in [5, 5.41) is 5.70. The van der Waals surface area contributed by atoms with E-state index in [0.29, 0.717) is 5.13 Å². The molecule has 2 heterocycles. The fourth-order valence-corrected chi connectivity index (χ4v) is 5.09. The minimum absolute atomic E-state index is 0.0578. The van der Waals surface area contributed by atoms with Gasteiger partial charge in [0.05, 0.1) is 27.6 Å². The summed E-state index contributed by atoms with van der Waals surface area (Å²) in [6.45, 7) is 0.237. The van der Waals surface area contributed by atoms with Crippen LogP contribution in [0.5, 0.6) is 0 Å². The molecule has 3 aromatic rings. The van der Waals surface area contributed by atoms with Gasteiger partial charge >= 0.3 is 0 Å². The van der Waals surface area contributed by atoms with Gasteiger partial charge in [0.1, 0.15) is 0 Å². The fraction of sp³-hybridized carbons (Fsp3) is 0.0556. The van der Waals surface area contributed by atoms with Crippen LogP contribution in [0.15, 0.2) is 58.5 Å². The van der Waals surface area contributed by atoms with Gasteiger partial charge < -0.3 is 16.4 Å². The van der Waals surface area contributed by atoms with Crippen LogP contribution in [0.4, 0.5) is 10.8 Å². The van der Waals surface area contributed by atoms with Gasteiger partial charge in [0.2, 0.25) is 9.84 Å². The number of nitrogen functional groups attached to an aromatic ring is 1. The van der Waals surface area contributed by atoms with Gasteiger partial charge in [0.25, 0.3) is 11.8 Å². The Bertz CT molecular complexity index is 1220. The van der Waals surface area contributed by atoms with Gasteiger partial charge in [-0.25, -0.2) is 13.4 Å². The highest BCUT2D eigenvalue weighted by Gasteiger charge is 2.31. The number of nitrogens with one attached hydrogen (secondary N) is 2. The van der Waals surface area contributed by atoms with Gasteiger partial charge in [0.15, 0.2) is 5.13 Å². The Hall–Kier alpha value is -3.24. The molecule has 10 heteroatoms. The lowest BCUT2D eigenvalue weighted by atomic mass is 10.1. The van der Waals surface area contributed by atoms with Crippen molar-refractivity contribution in [1.29, 1.82) is 0 Å². The molecule has 2 aromatic carbocycles. The standard InChI is InChI=1S/C18H14N4O4S2/c19-18-21-9-11(27-18)8-20-16(23)10-5-6-15-13(7-10)22-17(24)12-3-1-2-4-14(12)28(15,25)26/h1-7,9H,8H2,(H2,19,21)(H,20,23)(H,22,24). The van der Waals surface area contributed by atoms with E-state index in [1.54, 1.807) is 18.3 Å². The molecule has 0 spiro atoms. The zero-order valence-electron chi connectivity index (χ0n) is 14.3. The molecule has 8 nitrogen and oxygen atoms in total. The van der Waals surface area contributed by atoms with Gasteiger partial charge in [-0.05, 0) is 30.3 Å². The number of anilines is 2. The average molecular weight is 414 g/mol. The zero-order chi connectivity index (χ0) is 19.9. The highest BCUT2D eigenvalue weighted by molar-refractivity contribution is 7.91. The largest absolute Gasteiger partial charge is 0.375 e. The predicted octanol–water partition coefficient (Wildman–Crippen LogP) is 2.05. The first-order valence-electron chi connectivity index (χ1n) is 8.14. The van der Waals surface area contributed by atoms with Crippen LogP contribution >= 0.6 is 11.3 Å². The highest BCUT2D eigenvalue weighted by atomic mass is 32.2. The van der Waals surface area contributed by atoms with Gasteiger partial charge in [-0.15, -0.1) is 11.3 Å². The van der Waals surface area contributed by atoms with Gasteiger partial charge in [-0.3, -0.25) is 9.59 Å². The van der Waals surface area contributed by atoms with Crippen LogP contribution < -0.4 is 16.4 Å². The number of carbonyl (C=O) groups is 2. The summed E-state index contributed by atoms with van der Waals surface area (Å²) in [5.41, 5.74) is 5.91. The zero-order valence-corrected chi connectivity index (χ0v) is 15.9. The van der Waals surface area contributed by atoms with Crippen LogP contribution in [0, 0.1) is 0 Å². The van der Waals surface area contributed by atoms with E-state index in [9.17, 15) is 18.0 Å². The monoisotopic (exact) mass is 414 g/mol. The Kier molecular flexibility index (Phi) is 4.36. The first-order valence-corrected chi connectivity index (χ1v) is 10.4. The van der Waals surface area contributed by atoms with Crippen molar-refractivity contribution in [3.8, 4) is 0 Å². The lowest BCUT2D eigenvalue weighted by Crippen LogP contribution is -2.22. The minimum Gasteiger partial charge on any atom is -0.375 e. The maximum absolute atomic E-state index is 12.9. The Morgan fingerprint density at radius 2 is 1.96 bits per heavy atom. The average Bonchev–Trinajstić information content (AvgIpc) is 3.07. The first kappa shape index (κ1) is 18.1. The van der Waals surface area contributed by atoms with E-state index in [1.807, 2.05) is 0 Å². The SMILES string of the molecule is Nc1ncc(CNC(=O)c2ccc3c(c2)NC(=O)c2ccccc2S3(=O)=O)s1. The third-order valence-electron chi connectivity index (χ3n) is 4.20. The predicted molar refractivity (Wildman–Crippen MR) is 104 cm³/mol. The fourth-order valence-electron chi connectivity index (χ4n) is 2.87. The van der Waals surface area contributed by atoms with Gasteiger partial charge in [0, 0.05) is 16.6 Å². The maximum Gasteiger partial charge on any atom is 0.257 e. The summed E-state index contributed by atoms with van der Waals surface area (Å²) in [7, 11) is -3.90. The van der Waals surface area contributed by atoms with Crippen molar-refractivity contribution < 1.29 is 18.0 Å². The molecule has 0 atom stereocenters. The maximum atomic E-state index is 12.9. The number of fused-ring (bicyclic) bond motifs is 2. The number of aromatic nitrogens is 1. The molecule has 28 heavy (non-hydrogen) atoms. The summed E-state index contributed by atoms with van der Waals surface area (Å²) in [6, 6.07) is 10.1. The van der Waals surface area contributed by atoms with E-state index in [0.717, 1.165) is 4.88 Å². The highest BCUT2D eigenvalue weighted by Crippen LogP contribution is 2.34. The minimum atomic E-state index is -3.90. The van der Waals surface area contributed by atoms with E-state index in [2.05, 4.69) is 15.6 Å². The number of hydrogen-bond donors (Lipinski definition) is 3. The second kappa shape index (κ2) is 6.73. The molecule has 0 fully saturated rings. The molecule has 4 N–H and O–H groups in total. The number of thiazole rings is 1. The van der Waals surface area contributed by atoms with Gasteiger partial charge in [-0.1, -0.05) is 12.1 Å². The molecular formula is C18H14N4O4S2. The van der Waals surface area contributed by atoms with Crippen LogP contribution in [-0.2, 0) is 16.4 Å². The van der Waals surface area contributed by atoms with E-state index >= 15 is 0 Å². The number of carbonyl (C=O) groups excluding carboxylic acids is 2. The van der Waals surface area contributed by atoms with E-state index in [4.69, 9.17) is 5.73 Å².